The summed E-state index contributed by atoms with van der Waals surface area (Å²) in [6.07, 6.45) is 4.21. The van der Waals surface area contributed by atoms with Gasteiger partial charge < -0.3 is 10.2 Å². The normalized spacial score (nSPS) is 20.5. The van der Waals surface area contributed by atoms with Crippen molar-refractivity contribution in [1.29, 1.82) is 0 Å². The summed E-state index contributed by atoms with van der Waals surface area (Å²) >= 11 is 5.93. The number of nitrogens with zero attached hydrogens (tertiary/aromatic N) is 2. The Morgan fingerprint density at radius 1 is 1.71 bits per heavy atom. The van der Waals surface area contributed by atoms with Gasteiger partial charge in [-0.15, -0.1) is 0 Å². The van der Waals surface area contributed by atoms with Crippen LogP contribution in [0.5, 0.6) is 0 Å². The van der Waals surface area contributed by atoms with Crippen LogP contribution in [0.3, 0.4) is 0 Å². The van der Waals surface area contributed by atoms with Crippen molar-refractivity contribution in [2.75, 3.05) is 26.7 Å². The van der Waals surface area contributed by atoms with E-state index in [2.05, 4.69) is 22.2 Å². The summed E-state index contributed by atoms with van der Waals surface area (Å²) in [6.45, 7) is 2.85. The molecule has 1 aromatic rings. The third-order valence-corrected chi connectivity index (χ3v) is 3.38. The lowest BCUT2D eigenvalue weighted by molar-refractivity contribution is 0.0947. The fourth-order valence-corrected chi connectivity index (χ4v) is 2.26. The molecule has 0 radical (unpaired) electrons. The monoisotopic (exact) mass is 253 g/mol. The highest BCUT2D eigenvalue weighted by Crippen LogP contribution is 2.15. The smallest absolute Gasteiger partial charge is 0.254 e. The molecule has 2 heterocycles. The summed E-state index contributed by atoms with van der Waals surface area (Å²) in [6, 6.07) is 1.62. The molecule has 92 valence electrons. The van der Waals surface area contributed by atoms with Gasteiger partial charge in [-0.25, -0.2) is 0 Å². The fraction of sp³-hybridized carbons (Fsp3) is 0.500. The van der Waals surface area contributed by atoms with Gasteiger partial charge in [-0.2, -0.15) is 0 Å². The molecular formula is C12H16ClN3O. The number of hydrogen-bond donors (Lipinski definition) is 1. The number of nitrogens with one attached hydrogen (secondary N) is 1. The van der Waals surface area contributed by atoms with Crippen molar-refractivity contribution in [3.63, 3.8) is 0 Å². The molecular weight excluding hydrogens is 238 g/mol. The molecule has 0 bridgehead atoms. The molecule has 1 unspecified atom stereocenters. The first kappa shape index (κ1) is 12.3. The third-order valence-electron chi connectivity index (χ3n) is 3.05. The van der Waals surface area contributed by atoms with Crippen LogP contribution in [0.1, 0.15) is 16.8 Å². The van der Waals surface area contributed by atoms with Gasteiger partial charge in [0.2, 0.25) is 0 Å². The molecule has 1 saturated heterocycles. The van der Waals surface area contributed by atoms with Crippen molar-refractivity contribution < 1.29 is 4.79 Å². The van der Waals surface area contributed by atoms with E-state index in [1.54, 1.807) is 12.3 Å². The lowest BCUT2D eigenvalue weighted by atomic mass is 10.1. The summed E-state index contributed by atoms with van der Waals surface area (Å²) in [5.74, 6) is 0.400. The van der Waals surface area contributed by atoms with Crippen LogP contribution in [0.4, 0.5) is 0 Å². The molecule has 1 aliphatic rings. The van der Waals surface area contributed by atoms with E-state index in [1.807, 2.05) is 0 Å². The highest BCUT2D eigenvalue weighted by molar-refractivity contribution is 6.33. The molecule has 0 aromatic carbocycles. The van der Waals surface area contributed by atoms with E-state index >= 15 is 0 Å². The van der Waals surface area contributed by atoms with Gasteiger partial charge in [0.25, 0.3) is 5.91 Å². The molecule has 1 aliphatic heterocycles. The zero-order chi connectivity index (χ0) is 12.3. The summed E-state index contributed by atoms with van der Waals surface area (Å²) in [5.41, 5.74) is 0.445. The number of aromatic nitrogens is 1. The van der Waals surface area contributed by atoms with Gasteiger partial charge in [-0.05, 0) is 32.0 Å². The number of halogens is 1. The van der Waals surface area contributed by atoms with Crippen LogP contribution in [0, 0.1) is 5.92 Å². The molecule has 0 aliphatic carbocycles. The highest BCUT2D eigenvalue weighted by atomic mass is 35.5. The van der Waals surface area contributed by atoms with Crippen LogP contribution in [0.25, 0.3) is 0 Å². The van der Waals surface area contributed by atoms with Crippen LogP contribution in [-0.4, -0.2) is 42.5 Å². The molecule has 0 spiro atoms. The van der Waals surface area contributed by atoms with E-state index in [0.29, 0.717) is 23.0 Å². The van der Waals surface area contributed by atoms with Gasteiger partial charge in [-0.3, -0.25) is 9.78 Å². The third kappa shape index (κ3) is 3.17. The van der Waals surface area contributed by atoms with Crippen molar-refractivity contribution in [3.05, 3.63) is 29.0 Å². The summed E-state index contributed by atoms with van der Waals surface area (Å²) in [4.78, 5) is 18.0. The first-order valence-electron chi connectivity index (χ1n) is 5.73. The number of carbonyl (C=O) groups excluding carboxylic acids is 1. The number of carbonyl (C=O) groups is 1. The summed E-state index contributed by atoms with van der Waals surface area (Å²) in [7, 11) is 2.10. The number of rotatable bonds is 3. The van der Waals surface area contributed by atoms with Crippen LogP contribution in [0.15, 0.2) is 18.5 Å². The molecule has 17 heavy (non-hydrogen) atoms. The fourth-order valence-electron chi connectivity index (χ4n) is 2.07. The molecule has 1 atom stereocenters. The van der Waals surface area contributed by atoms with Gasteiger partial charge >= 0.3 is 0 Å². The van der Waals surface area contributed by atoms with E-state index in [1.165, 1.54) is 6.20 Å². The maximum atomic E-state index is 11.9. The zero-order valence-corrected chi connectivity index (χ0v) is 10.6. The second-order valence-electron chi connectivity index (χ2n) is 4.48. The number of pyridine rings is 1. The molecule has 0 saturated carbocycles. The van der Waals surface area contributed by atoms with E-state index in [9.17, 15) is 4.79 Å². The van der Waals surface area contributed by atoms with Gasteiger partial charge in [0.05, 0.1) is 10.6 Å². The van der Waals surface area contributed by atoms with Crippen LogP contribution < -0.4 is 5.32 Å². The summed E-state index contributed by atoms with van der Waals surface area (Å²) in [5, 5.41) is 3.36. The first-order valence-corrected chi connectivity index (χ1v) is 6.11. The lowest BCUT2D eigenvalue weighted by Gasteiger charge is -2.12. The molecule has 2 rings (SSSR count). The second-order valence-corrected chi connectivity index (χ2v) is 4.89. The first-order chi connectivity index (χ1) is 8.16. The molecule has 5 heteroatoms. The minimum Gasteiger partial charge on any atom is -0.352 e. The number of hydrogen-bond acceptors (Lipinski definition) is 3. The molecule has 1 aromatic heterocycles. The van der Waals surface area contributed by atoms with E-state index < -0.39 is 0 Å². The quantitative estimate of drug-likeness (QED) is 0.886. The van der Waals surface area contributed by atoms with E-state index in [4.69, 9.17) is 11.6 Å². The van der Waals surface area contributed by atoms with Gasteiger partial charge in [0.1, 0.15) is 0 Å². The van der Waals surface area contributed by atoms with Crippen LogP contribution in [-0.2, 0) is 0 Å². The molecule has 4 nitrogen and oxygen atoms in total. The minimum atomic E-state index is -0.141. The Morgan fingerprint density at radius 2 is 2.53 bits per heavy atom. The Balaban J connectivity index is 1.88. The highest BCUT2D eigenvalue weighted by Gasteiger charge is 2.20. The average molecular weight is 254 g/mol. The Hall–Kier alpha value is -1.13. The van der Waals surface area contributed by atoms with Crippen LogP contribution in [0.2, 0.25) is 5.02 Å². The predicted octanol–water partition coefficient (Wildman–Crippen LogP) is 1.42. The Morgan fingerprint density at radius 3 is 3.18 bits per heavy atom. The minimum absolute atomic E-state index is 0.141. The number of likely N-dealkylation sites (tertiary alicyclic amines) is 1. The summed E-state index contributed by atoms with van der Waals surface area (Å²) < 4.78 is 0. The average Bonchev–Trinajstić information content (AvgIpc) is 2.73. The Kier molecular flexibility index (Phi) is 3.97. The van der Waals surface area contributed by atoms with Crippen LogP contribution >= 0.6 is 11.6 Å². The standard InChI is InChI=1S/C12H16ClN3O/c1-16-5-3-9(8-16)6-15-12(17)10-7-14-4-2-11(10)13/h2,4,7,9H,3,5-6,8H2,1H3,(H,15,17). The largest absolute Gasteiger partial charge is 0.352 e. The van der Waals surface area contributed by atoms with Crippen molar-refractivity contribution >= 4 is 17.5 Å². The van der Waals surface area contributed by atoms with Crippen molar-refractivity contribution in [2.45, 2.75) is 6.42 Å². The topological polar surface area (TPSA) is 45.2 Å². The van der Waals surface area contributed by atoms with E-state index in [0.717, 1.165) is 19.5 Å². The van der Waals surface area contributed by atoms with Gasteiger partial charge in [-0.1, -0.05) is 11.6 Å². The maximum Gasteiger partial charge on any atom is 0.254 e. The molecule has 1 fully saturated rings. The molecule has 1 N–H and O–H groups in total. The lowest BCUT2D eigenvalue weighted by Crippen LogP contribution is -2.30. The van der Waals surface area contributed by atoms with E-state index in [-0.39, 0.29) is 5.91 Å². The second kappa shape index (κ2) is 5.47. The Bertz CT molecular complexity index is 410. The van der Waals surface area contributed by atoms with Gasteiger partial charge in [0, 0.05) is 25.5 Å². The zero-order valence-electron chi connectivity index (χ0n) is 9.82. The maximum absolute atomic E-state index is 11.9. The SMILES string of the molecule is CN1CCC(CNC(=O)c2cnccc2Cl)C1. The van der Waals surface area contributed by atoms with Crippen molar-refractivity contribution in [3.8, 4) is 0 Å². The van der Waals surface area contributed by atoms with Gasteiger partial charge in [0.15, 0.2) is 0 Å². The van der Waals surface area contributed by atoms with Crippen molar-refractivity contribution in [1.82, 2.24) is 15.2 Å². The Labute approximate surface area is 106 Å². The number of amides is 1. The predicted molar refractivity (Wildman–Crippen MR) is 67.2 cm³/mol. The molecule has 1 amide bonds. The van der Waals surface area contributed by atoms with Crippen molar-refractivity contribution in [2.24, 2.45) is 5.92 Å².